The van der Waals surface area contributed by atoms with Crippen LogP contribution in [0.4, 0.5) is 0 Å². The molecule has 110 valence electrons. The van der Waals surface area contributed by atoms with E-state index in [1.165, 1.54) is 12.8 Å². The van der Waals surface area contributed by atoms with E-state index in [9.17, 15) is 4.79 Å². The SMILES string of the molecule is CC(C)(C(=O)NC1CCCCCC1N)c1ccccc1. The van der Waals surface area contributed by atoms with Crippen LogP contribution < -0.4 is 11.1 Å². The van der Waals surface area contributed by atoms with E-state index in [2.05, 4.69) is 5.32 Å². The Bertz CT molecular complexity index is 442. The third-order valence-electron chi connectivity index (χ3n) is 4.45. The van der Waals surface area contributed by atoms with Crippen LogP contribution in [0.5, 0.6) is 0 Å². The Morgan fingerprint density at radius 3 is 2.50 bits per heavy atom. The average molecular weight is 274 g/mol. The maximum absolute atomic E-state index is 12.6. The second-order valence-corrected chi connectivity index (χ2v) is 6.37. The van der Waals surface area contributed by atoms with Gasteiger partial charge in [0.05, 0.1) is 5.41 Å². The predicted octanol–water partition coefficient (Wildman–Crippen LogP) is 2.74. The molecule has 0 aromatic heterocycles. The summed E-state index contributed by atoms with van der Waals surface area (Å²) in [7, 11) is 0. The number of hydrogen-bond donors (Lipinski definition) is 2. The molecule has 1 aromatic carbocycles. The molecule has 2 rings (SSSR count). The molecule has 1 aromatic rings. The van der Waals surface area contributed by atoms with E-state index in [4.69, 9.17) is 5.73 Å². The molecule has 0 saturated heterocycles. The largest absolute Gasteiger partial charge is 0.351 e. The lowest BCUT2D eigenvalue weighted by atomic mass is 9.83. The van der Waals surface area contributed by atoms with Crippen LogP contribution in [0, 0.1) is 0 Å². The summed E-state index contributed by atoms with van der Waals surface area (Å²) in [6.45, 7) is 3.94. The molecule has 2 atom stereocenters. The van der Waals surface area contributed by atoms with Crippen LogP contribution in [-0.4, -0.2) is 18.0 Å². The molecule has 0 heterocycles. The monoisotopic (exact) mass is 274 g/mol. The van der Waals surface area contributed by atoms with Crippen molar-refractivity contribution in [2.75, 3.05) is 0 Å². The Labute approximate surface area is 121 Å². The van der Waals surface area contributed by atoms with E-state index in [1.54, 1.807) is 0 Å². The van der Waals surface area contributed by atoms with Crippen LogP contribution >= 0.6 is 0 Å². The van der Waals surface area contributed by atoms with Crippen molar-refractivity contribution in [2.45, 2.75) is 63.5 Å². The standard InChI is InChI=1S/C17H26N2O/c1-17(2,13-9-5-3-6-10-13)16(20)19-15-12-8-4-7-11-14(15)18/h3,5-6,9-10,14-15H,4,7-8,11-12,18H2,1-2H3,(H,19,20). The van der Waals surface area contributed by atoms with Gasteiger partial charge < -0.3 is 11.1 Å². The maximum atomic E-state index is 12.6. The number of amides is 1. The zero-order valence-electron chi connectivity index (χ0n) is 12.6. The first kappa shape index (κ1) is 15.0. The van der Waals surface area contributed by atoms with Crippen molar-refractivity contribution in [3.05, 3.63) is 35.9 Å². The van der Waals surface area contributed by atoms with E-state index < -0.39 is 5.41 Å². The van der Waals surface area contributed by atoms with E-state index in [-0.39, 0.29) is 18.0 Å². The summed E-state index contributed by atoms with van der Waals surface area (Å²) >= 11 is 0. The molecular weight excluding hydrogens is 248 g/mol. The summed E-state index contributed by atoms with van der Waals surface area (Å²) in [4.78, 5) is 12.6. The number of nitrogens with two attached hydrogens (primary N) is 1. The summed E-state index contributed by atoms with van der Waals surface area (Å²) < 4.78 is 0. The number of hydrogen-bond acceptors (Lipinski definition) is 2. The van der Waals surface area contributed by atoms with Gasteiger partial charge in [0.15, 0.2) is 0 Å². The van der Waals surface area contributed by atoms with Crippen molar-refractivity contribution >= 4 is 5.91 Å². The van der Waals surface area contributed by atoms with Gasteiger partial charge in [-0.15, -0.1) is 0 Å². The van der Waals surface area contributed by atoms with Gasteiger partial charge in [0.1, 0.15) is 0 Å². The van der Waals surface area contributed by atoms with Crippen molar-refractivity contribution < 1.29 is 4.79 Å². The van der Waals surface area contributed by atoms with Gasteiger partial charge in [-0.05, 0) is 32.3 Å². The fourth-order valence-electron chi connectivity index (χ4n) is 2.85. The van der Waals surface area contributed by atoms with Crippen molar-refractivity contribution in [1.29, 1.82) is 0 Å². The van der Waals surface area contributed by atoms with Crippen LogP contribution in [-0.2, 0) is 10.2 Å². The van der Waals surface area contributed by atoms with Crippen LogP contribution in [0.3, 0.4) is 0 Å². The van der Waals surface area contributed by atoms with Crippen molar-refractivity contribution in [1.82, 2.24) is 5.32 Å². The molecule has 1 amide bonds. The van der Waals surface area contributed by atoms with Gasteiger partial charge >= 0.3 is 0 Å². The lowest BCUT2D eigenvalue weighted by Gasteiger charge is -2.29. The van der Waals surface area contributed by atoms with Crippen LogP contribution in [0.1, 0.15) is 51.5 Å². The molecule has 1 fully saturated rings. The zero-order chi connectivity index (χ0) is 14.6. The molecule has 0 radical (unpaired) electrons. The molecule has 0 bridgehead atoms. The minimum absolute atomic E-state index is 0.0750. The first-order valence-corrected chi connectivity index (χ1v) is 7.64. The smallest absolute Gasteiger partial charge is 0.230 e. The van der Waals surface area contributed by atoms with Gasteiger partial charge in [-0.25, -0.2) is 0 Å². The summed E-state index contributed by atoms with van der Waals surface area (Å²) in [5.41, 5.74) is 6.72. The molecule has 2 unspecified atom stereocenters. The summed E-state index contributed by atoms with van der Waals surface area (Å²) in [6, 6.07) is 10.1. The van der Waals surface area contributed by atoms with E-state index in [1.807, 2.05) is 44.2 Å². The van der Waals surface area contributed by atoms with Gasteiger partial charge in [-0.3, -0.25) is 4.79 Å². The van der Waals surface area contributed by atoms with Crippen LogP contribution in [0.15, 0.2) is 30.3 Å². The molecule has 1 aliphatic rings. The number of benzene rings is 1. The van der Waals surface area contributed by atoms with Gasteiger partial charge in [0, 0.05) is 12.1 Å². The Morgan fingerprint density at radius 2 is 1.80 bits per heavy atom. The molecule has 0 spiro atoms. The normalized spacial score (nSPS) is 23.9. The molecular formula is C17H26N2O. The van der Waals surface area contributed by atoms with Crippen LogP contribution in [0.25, 0.3) is 0 Å². The van der Waals surface area contributed by atoms with Crippen molar-refractivity contribution in [2.24, 2.45) is 5.73 Å². The lowest BCUT2D eigenvalue weighted by Crippen LogP contribution is -2.51. The average Bonchev–Trinajstić information content (AvgIpc) is 2.65. The minimum atomic E-state index is -0.521. The highest BCUT2D eigenvalue weighted by atomic mass is 16.2. The van der Waals surface area contributed by atoms with Gasteiger partial charge in [-0.1, -0.05) is 49.6 Å². The van der Waals surface area contributed by atoms with Gasteiger partial charge in [0.25, 0.3) is 0 Å². The van der Waals surface area contributed by atoms with E-state index in [0.29, 0.717) is 0 Å². The predicted molar refractivity (Wildman–Crippen MR) is 82.5 cm³/mol. The second-order valence-electron chi connectivity index (χ2n) is 6.37. The topological polar surface area (TPSA) is 55.1 Å². The molecule has 0 aliphatic heterocycles. The second kappa shape index (κ2) is 6.40. The summed E-state index contributed by atoms with van der Waals surface area (Å²) in [6.07, 6.45) is 5.57. The van der Waals surface area contributed by atoms with Crippen LogP contribution in [0.2, 0.25) is 0 Å². The zero-order valence-corrected chi connectivity index (χ0v) is 12.6. The number of carbonyl (C=O) groups is 1. The highest BCUT2D eigenvalue weighted by Gasteiger charge is 2.32. The fourth-order valence-corrected chi connectivity index (χ4v) is 2.85. The number of nitrogens with one attached hydrogen (secondary N) is 1. The Hall–Kier alpha value is -1.35. The summed E-state index contributed by atoms with van der Waals surface area (Å²) in [5.74, 6) is 0.0750. The molecule has 3 nitrogen and oxygen atoms in total. The lowest BCUT2D eigenvalue weighted by molar-refractivity contribution is -0.126. The Morgan fingerprint density at radius 1 is 1.15 bits per heavy atom. The Kier molecular flexibility index (Phi) is 4.81. The fraction of sp³-hybridized carbons (Fsp3) is 0.588. The minimum Gasteiger partial charge on any atom is -0.351 e. The molecule has 1 aliphatic carbocycles. The first-order valence-electron chi connectivity index (χ1n) is 7.64. The van der Waals surface area contributed by atoms with Crippen molar-refractivity contribution in [3.8, 4) is 0 Å². The third-order valence-corrected chi connectivity index (χ3v) is 4.45. The number of carbonyl (C=O) groups excluding carboxylic acids is 1. The van der Waals surface area contributed by atoms with Gasteiger partial charge in [-0.2, -0.15) is 0 Å². The van der Waals surface area contributed by atoms with Gasteiger partial charge in [0.2, 0.25) is 5.91 Å². The highest BCUT2D eigenvalue weighted by Crippen LogP contribution is 2.24. The highest BCUT2D eigenvalue weighted by molar-refractivity contribution is 5.87. The first-order chi connectivity index (χ1) is 9.51. The molecule has 20 heavy (non-hydrogen) atoms. The van der Waals surface area contributed by atoms with Crippen molar-refractivity contribution in [3.63, 3.8) is 0 Å². The third kappa shape index (κ3) is 3.40. The molecule has 1 saturated carbocycles. The molecule has 3 heteroatoms. The van der Waals surface area contributed by atoms with E-state index in [0.717, 1.165) is 24.8 Å². The summed E-state index contributed by atoms with van der Waals surface area (Å²) in [5, 5.41) is 3.18. The number of rotatable bonds is 3. The van der Waals surface area contributed by atoms with E-state index >= 15 is 0 Å². The Balaban J connectivity index is 2.07. The quantitative estimate of drug-likeness (QED) is 0.833. The maximum Gasteiger partial charge on any atom is 0.230 e. The molecule has 3 N–H and O–H groups in total.